The van der Waals surface area contributed by atoms with Crippen LogP contribution in [0.25, 0.3) is 0 Å². The highest BCUT2D eigenvalue weighted by Gasteiger charge is 2.26. The number of carbonyl (C=O) groups is 1. The van der Waals surface area contributed by atoms with Crippen LogP contribution in [0.5, 0.6) is 0 Å². The molecule has 0 bridgehead atoms. The minimum Gasteiger partial charge on any atom is -0.380 e. The van der Waals surface area contributed by atoms with Crippen LogP contribution in [0.4, 0.5) is 0 Å². The van der Waals surface area contributed by atoms with E-state index in [-0.39, 0.29) is 18.1 Å². The van der Waals surface area contributed by atoms with Crippen molar-refractivity contribution in [2.75, 3.05) is 40.3 Å². The van der Waals surface area contributed by atoms with Gasteiger partial charge in [0.25, 0.3) is 0 Å². The van der Waals surface area contributed by atoms with Gasteiger partial charge in [0.2, 0.25) is 5.91 Å². The van der Waals surface area contributed by atoms with Crippen molar-refractivity contribution in [3.05, 3.63) is 0 Å². The molecule has 0 saturated carbocycles. The van der Waals surface area contributed by atoms with E-state index >= 15 is 0 Å². The summed E-state index contributed by atoms with van der Waals surface area (Å²) in [6.45, 7) is 5.15. The Morgan fingerprint density at radius 2 is 2.25 bits per heavy atom. The standard InChI is InChI=1S/C11H23N3O2/c1-9-8-13(2)4-5-14(9)11(15)6-10(7-12)16-3/h9-10H,4-8,12H2,1-3H3. The molecular weight excluding hydrogens is 206 g/mol. The van der Waals surface area contributed by atoms with E-state index in [2.05, 4.69) is 18.9 Å². The van der Waals surface area contributed by atoms with Crippen molar-refractivity contribution in [1.29, 1.82) is 0 Å². The molecule has 1 aliphatic heterocycles. The SMILES string of the molecule is COC(CN)CC(=O)N1CCN(C)CC1C. The average Bonchev–Trinajstić information content (AvgIpc) is 2.25. The molecule has 1 aliphatic rings. The number of rotatable bonds is 4. The van der Waals surface area contributed by atoms with Gasteiger partial charge in [-0.15, -0.1) is 0 Å². The van der Waals surface area contributed by atoms with Gasteiger partial charge in [0.05, 0.1) is 12.5 Å². The van der Waals surface area contributed by atoms with E-state index in [1.54, 1.807) is 7.11 Å². The summed E-state index contributed by atoms with van der Waals surface area (Å²) in [5.74, 6) is 0.151. The van der Waals surface area contributed by atoms with Crippen LogP contribution in [-0.4, -0.2) is 68.2 Å². The third kappa shape index (κ3) is 3.43. The second-order valence-electron chi connectivity index (χ2n) is 4.50. The topological polar surface area (TPSA) is 58.8 Å². The van der Waals surface area contributed by atoms with E-state index in [9.17, 15) is 4.79 Å². The fraction of sp³-hybridized carbons (Fsp3) is 0.909. The zero-order valence-electron chi connectivity index (χ0n) is 10.5. The molecule has 1 heterocycles. The molecule has 5 nitrogen and oxygen atoms in total. The maximum Gasteiger partial charge on any atom is 0.225 e. The van der Waals surface area contributed by atoms with Crippen LogP contribution in [0.3, 0.4) is 0 Å². The molecule has 0 radical (unpaired) electrons. The molecule has 1 saturated heterocycles. The number of hydrogen-bond donors (Lipinski definition) is 1. The first-order valence-electron chi connectivity index (χ1n) is 5.79. The molecule has 1 fully saturated rings. The molecule has 5 heteroatoms. The molecule has 0 spiro atoms. The predicted octanol–water partition coefficient (Wildman–Crippen LogP) is -0.487. The van der Waals surface area contributed by atoms with Gasteiger partial charge in [-0.1, -0.05) is 0 Å². The lowest BCUT2D eigenvalue weighted by Crippen LogP contribution is -2.53. The Morgan fingerprint density at radius 1 is 1.56 bits per heavy atom. The average molecular weight is 229 g/mol. The lowest BCUT2D eigenvalue weighted by molar-refractivity contribution is -0.137. The Bertz CT molecular complexity index is 231. The highest BCUT2D eigenvalue weighted by Crippen LogP contribution is 2.11. The van der Waals surface area contributed by atoms with Crippen LogP contribution in [0.15, 0.2) is 0 Å². The zero-order valence-corrected chi connectivity index (χ0v) is 10.5. The summed E-state index contributed by atoms with van der Waals surface area (Å²) in [5.41, 5.74) is 5.51. The lowest BCUT2D eigenvalue weighted by atomic mass is 10.1. The fourth-order valence-electron chi connectivity index (χ4n) is 2.09. The van der Waals surface area contributed by atoms with Crippen LogP contribution >= 0.6 is 0 Å². The van der Waals surface area contributed by atoms with Crippen molar-refractivity contribution in [2.24, 2.45) is 5.73 Å². The highest BCUT2D eigenvalue weighted by molar-refractivity contribution is 5.77. The van der Waals surface area contributed by atoms with Gasteiger partial charge in [-0.05, 0) is 14.0 Å². The van der Waals surface area contributed by atoms with Crippen molar-refractivity contribution in [1.82, 2.24) is 9.80 Å². The van der Waals surface area contributed by atoms with E-state index in [4.69, 9.17) is 10.5 Å². The Balaban J connectivity index is 2.47. The fourth-order valence-corrected chi connectivity index (χ4v) is 2.09. The second kappa shape index (κ2) is 6.18. The van der Waals surface area contributed by atoms with Gasteiger partial charge in [-0.25, -0.2) is 0 Å². The first kappa shape index (κ1) is 13.4. The quantitative estimate of drug-likeness (QED) is 0.707. The first-order chi connectivity index (χ1) is 7.58. The molecule has 16 heavy (non-hydrogen) atoms. The lowest BCUT2D eigenvalue weighted by Gasteiger charge is -2.38. The van der Waals surface area contributed by atoms with Crippen LogP contribution in [0.2, 0.25) is 0 Å². The number of amides is 1. The van der Waals surface area contributed by atoms with Crippen molar-refractivity contribution < 1.29 is 9.53 Å². The van der Waals surface area contributed by atoms with E-state index in [1.807, 2.05) is 4.90 Å². The molecular formula is C11H23N3O2. The number of nitrogens with zero attached hydrogens (tertiary/aromatic N) is 2. The number of piperazine rings is 1. The monoisotopic (exact) mass is 229 g/mol. The molecule has 1 rings (SSSR count). The number of carbonyl (C=O) groups excluding carboxylic acids is 1. The minimum absolute atomic E-state index is 0.151. The number of ether oxygens (including phenoxy) is 1. The van der Waals surface area contributed by atoms with E-state index in [0.29, 0.717) is 13.0 Å². The molecule has 0 aliphatic carbocycles. The van der Waals surface area contributed by atoms with Gasteiger partial charge in [-0.3, -0.25) is 4.79 Å². The van der Waals surface area contributed by atoms with E-state index in [0.717, 1.165) is 19.6 Å². The van der Waals surface area contributed by atoms with E-state index in [1.165, 1.54) is 0 Å². The van der Waals surface area contributed by atoms with Crippen molar-refractivity contribution >= 4 is 5.91 Å². The number of hydrogen-bond acceptors (Lipinski definition) is 4. The smallest absolute Gasteiger partial charge is 0.225 e. The first-order valence-corrected chi connectivity index (χ1v) is 5.79. The number of methoxy groups -OCH3 is 1. The maximum atomic E-state index is 12.0. The molecule has 94 valence electrons. The molecule has 1 amide bonds. The Labute approximate surface area is 97.5 Å². The summed E-state index contributed by atoms with van der Waals surface area (Å²) in [5, 5.41) is 0. The van der Waals surface area contributed by atoms with Crippen molar-refractivity contribution in [3.8, 4) is 0 Å². The Kier molecular flexibility index (Phi) is 5.18. The molecule has 0 aromatic rings. The maximum absolute atomic E-state index is 12.0. The van der Waals surface area contributed by atoms with Crippen LogP contribution in [0, 0.1) is 0 Å². The molecule has 2 unspecified atom stereocenters. The summed E-state index contributed by atoms with van der Waals surface area (Å²) < 4.78 is 5.13. The summed E-state index contributed by atoms with van der Waals surface area (Å²) in [6, 6.07) is 0.279. The minimum atomic E-state index is -0.153. The van der Waals surface area contributed by atoms with Crippen LogP contribution in [-0.2, 0) is 9.53 Å². The largest absolute Gasteiger partial charge is 0.380 e. The van der Waals surface area contributed by atoms with Gasteiger partial charge in [0, 0.05) is 39.3 Å². The van der Waals surface area contributed by atoms with Crippen molar-refractivity contribution in [2.45, 2.75) is 25.5 Å². The normalized spacial score (nSPS) is 24.5. The number of likely N-dealkylation sites (N-methyl/N-ethyl adjacent to an activating group) is 1. The van der Waals surface area contributed by atoms with Gasteiger partial charge in [0.1, 0.15) is 0 Å². The molecule has 0 aromatic carbocycles. The van der Waals surface area contributed by atoms with Crippen molar-refractivity contribution in [3.63, 3.8) is 0 Å². The molecule has 0 aromatic heterocycles. The summed E-state index contributed by atoms with van der Waals surface area (Å²) in [4.78, 5) is 16.2. The summed E-state index contributed by atoms with van der Waals surface area (Å²) in [7, 11) is 3.67. The van der Waals surface area contributed by atoms with Crippen LogP contribution in [0.1, 0.15) is 13.3 Å². The second-order valence-corrected chi connectivity index (χ2v) is 4.50. The van der Waals surface area contributed by atoms with E-state index < -0.39 is 0 Å². The van der Waals surface area contributed by atoms with Gasteiger partial charge >= 0.3 is 0 Å². The Morgan fingerprint density at radius 3 is 2.75 bits per heavy atom. The Hall–Kier alpha value is -0.650. The number of nitrogens with two attached hydrogens (primary N) is 1. The molecule has 2 N–H and O–H groups in total. The predicted molar refractivity (Wildman–Crippen MR) is 63.1 cm³/mol. The third-order valence-corrected chi connectivity index (χ3v) is 3.15. The van der Waals surface area contributed by atoms with Gasteiger partial charge in [-0.2, -0.15) is 0 Å². The van der Waals surface area contributed by atoms with Gasteiger partial charge < -0.3 is 20.3 Å². The zero-order chi connectivity index (χ0) is 12.1. The summed E-state index contributed by atoms with van der Waals surface area (Å²) >= 11 is 0. The van der Waals surface area contributed by atoms with Crippen LogP contribution < -0.4 is 5.73 Å². The van der Waals surface area contributed by atoms with Gasteiger partial charge in [0.15, 0.2) is 0 Å². The summed E-state index contributed by atoms with van der Waals surface area (Å²) in [6.07, 6.45) is 0.237. The highest BCUT2D eigenvalue weighted by atomic mass is 16.5. The molecule has 2 atom stereocenters. The third-order valence-electron chi connectivity index (χ3n) is 3.15.